The minimum atomic E-state index is -4.57. The number of hydrogen-bond acceptors (Lipinski definition) is 6. The van der Waals surface area contributed by atoms with E-state index in [-0.39, 0.29) is 32.0 Å². The van der Waals surface area contributed by atoms with Gasteiger partial charge in [0.05, 0.1) is 11.0 Å². The van der Waals surface area contributed by atoms with Crippen molar-refractivity contribution in [2.45, 2.75) is 32.4 Å². The maximum Gasteiger partial charge on any atom is 2.00 e. The second-order valence-electron chi connectivity index (χ2n) is 8.88. The van der Waals surface area contributed by atoms with Gasteiger partial charge in [-0.15, -0.1) is 0 Å². The molecule has 0 N–H and O–H groups in total. The second kappa shape index (κ2) is 9.50. The zero-order chi connectivity index (χ0) is 24.8. The van der Waals surface area contributed by atoms with Gasteiger partial charge in [-0.05, 0) is 40.1 Å². The van der Waals surface area contributed by atoms with Crippen LogP contribution < -0.4 is 5.10 Å². The molecule has 11 heteroatoms. The van der Waals surface area contributed by atoms with E-state index in [1.807, 2.05) is 18.2 Å². The van der Waals surface area contributed by atoms with Crippen LogP contribution in [0.1, 0.15) is 32.3 Å². The molecule has 6 aromatic rings. The van der Waals surface area contributed by atoms with E-state index in [1.54, 1.807) is 30.7 Å². The molecule has 0 saturated heterocycles. The Morgan fingerprint density at radius 2 is 1.56 bits per heavy atom. The number of nitrogens with zero attached hydrogens (tertiary/aromatic N) is 7. The molecule has 0 radical (unpaired) electrons. The smallest absolute Gasteiger partial charge is 0.573 e. The zero-order valence-corrected chi connectivity index (χ0v) is 21.5. The Labute approximate surface area is 217 Å². The van der Waals surface area contributed by atoms with Crippen LogP contribution in [0.15, 0.2) is 55.0 Å². The van der Waals surface area contributed by atoms with Crippen molar-refractivity contribution in [1.82, 2.24) is 35.1 Å². The summed E-state index contributed by atoms with van der Waals surface area (Å²) in [7, 11) is 0. The number of alkyl halides is 3. The molecule has 0 atom stereocenters. The molecule has 0 saturated carbocycles. The molecular weight excluding hydrogens is 650 g/mol. The van der Waals surface area contributed by atoms with E-state index in [0.29, 0.717) is 10.9 Å². The van der Waals surface area contributed by atoms with Crippen molar-refractivity contribution < 1.29 is 34.2 Å². The normalized spacial score (nSPS) is 11.9. The molecule has 0 amide bonds. The average Bonchev–Trinajstić information content (AvgIpc) is 3.29. The van der Waals surface area contributed by atoms with E-state index in [0.717, 1.165) is 33.0 Å². The molecule has 4 aromatic heterocycles. The fourth-order valence-electron chi connectivity index (χ4n) is 3.73. The van der Waals surface area contributed by atoms with Gasteiger partial charge >= 0.3 is 27.2 Å². The summed E-state index contributed by atoms with van der Waals surface area (Å²) in [6.07, 6.45) is 2.75. The monoisotopic (exact) mass is 668 g/mol. The summed E-state index contributed by atoms with van der Waals surface area (Å²) < 4.78 is 37.4. The SMILES string of the molecule is CC(C)(C)c1n[n-]c2c1ccc1nccnc12.FC(F)(F)c1n[c-]c2c(ccc3cccnc32)n1.[Pt+2]. The minimum Gasteiger partial charge on any atom is -0.573 e. The van der Waals surface area contributed by atoms with Gasteiger partial charge in [0.1, 0.15) is 5.82 Å². The number of pyridine rings is 1. The first-order chi connectivity index (χ1) is 16.6. The predicted molar refractivity (Wildman–Crippen MR) is 126 cm³/mol. The van der Waals surface area contributed by atoms with Crippen LogP contribution in [0.5, 0.6) is 0 Å². The standard InChI is InChI=1S/C13H13N4.C12H5F3N3.Pt/c1-13(2,3)12-8-4-5-9-11(10(8)16-17-12)15-7-6-14-9;13-12(14,15)11-17-6-8-9(18-11)4-3-7-2-1-5-16-10(7)8;/h4-7H,1-3H3;1-5H;/q2*-1;+2. The number of fused-ring (bicyclic) bond motifs is 6. The number of halogens is 3. The van der Waals surface area contributed by atoms with Crippen molar-refractivity contribution in [1.29, 1.82) is 0 Å². The van der Waals surface area contributed by atoms with Gasteiger partial charge in [-0.25, -0.2) is 0 Å². The molecule has 0 spiro atoms. The van der Waals surface area contributed by atoms with Crippen molar-refractivity contribution >= 4 is 43.7 Å². The Hall–Kier alpha value is -3.52. The van der Waals surface area contributed by atoms with Crippen molar-refractivity contribution in [2.24, 2.45) is 0 Å². The second-order valence-corrected chi connectivity index (χ2v) is 8.88. The van der Waals surface area contributed by atoms with Crippen molar-refractivity contribution in [3.63, 3.8) is 0 Å². The third-order valence-electron chi connectivity index (χ3n) is 5.34. The molecule has 0 bridgehead atoms. The average molecular weight is 669 g/mol. The van der Waals surface area contributed by atoms with Crippen LogP contribution in [0.3, 0.4) is 0 Å². The number of aromatic nitrogens is 7. The number of benzene rings is 2. The Balaban J connectivity index is 0.000000165. The molecule has 36 heavy (non-hydrogen) atoms. The third kappa shape index (κ3) is 4.77. The van der Waals surface area contributed by atoms with Gasteiger partial charge in [0.2, 0.25) is 0 Å². The Bertz CT molecular complexity index is 1690. The van der Waals surface area contributed by atoms with Crippen LogP contribution in [0.4, 0.5) is 13.2 Å². The molecule has 2 aromatic carbocycles. The summed E-state index contributed by atoms with van der Waals surface area (Å²) in [5, 5.41) is 10.8. The summed E-state index contributed by atoms with van der Waals surface area (Å²) in [6.45, 7) is 6.41. The van der Waals surface area contributed by atoms with Crippen molar-refractivity contribution in [3.8, 4) is 0 Å². The fourth-order valence-corrected chi connectivity index (χ4v) is 3.73. The zero-order valence-electron chi connectivity index (χ0n) is 19.3. The molecular formula is C25H18F3N7Pt. The summed E-state index contributed by atoms with van der Waals surface area (Å²) in [6, 6.07) is 10.8. The summed E-state index contributed by atoms with van der Waals surface area (Å²) >= 11 is 0. The van der Waals surface area contributed by atoms with Crippen LogP contribution in [0.25, 0.3) is 43.7 Å². The summed E-state index contributed by atoms with van der Waals surface area (Å²) in [5.74, 6) is -1.19. The number of hydrogen-bond donors (Lipinski definition) is 0. The number of rotatable bonds is 0. The van der Waals surface area contributed by atoms with Gasteiger partial charge in [0, 0.05) is 29.7 Å². The molecule has 0 aliphatic rings. The van der Waals surface area contributed by atoms with E-state index >= 15 is 0 Å². The molecule has 0 unspecified atom stereocenters. The van der Waals surface area contributed by atoms with Crippen LogP contribution in [-0.4, -0.2) is 30.0 Å². The van der Waals surface area contributed by atoms with E-state index < -0.39 is 12.0 Å². The molecule has 6 rings (SSSR count). The van der Waals surface area contributed by atoms with E-state index in [9.17, 15) is 13.2 Å². The van der Waals surface area contributed by atoms with E-state index in [4.69, 9.17) is 0 Å². The Kier molecular flexibility index (Phi) is 6.75. The molecule has 184 valence electrons. The summed E-state index contributed by atoms with van der Waals surface area (Å²) in [5.41, 5.74) is 4.27. The van der Waals surface area contributed by atoms with Crippen LogP contribution in [0, 0.1) is 6.20 Å². The van der Waals surface area contributed by atoms with Crippen LogP contribution in [-0.2, 0) is 32.7 Å². The maximum absolute atomic E-state index is 12.5. The molecule has 4 heterocycles. The quantitative estimate of drug-likeness (QED) is 0.158. The van der Waals surface area contributed by atoms with Crippen molar-refractivity contribution in [2.75, 3.05) is 0 Å². The van der Waals surface area contributed by atoms with Crippen molar-refractivity contribution in [3.05, 3.63) is 72.7 Å². The molecule has 0 aliphatic heterocycles. The van der Waals surface area contributed by atoms with Gasteiger partial charge < -0.3 is 25.1 Å². The Morgan fingerprint density at radius 3 is 2.31 bits per heavy atom. The topological polar surface area (TPSA) is 91.4 Å². The molecule has 7 nitrogen and oxygen atoms in total. The fraction of sp³-hybridized carbons (Fsp3) is 0.200. The van der Waals surface area contributed by atoms with E-state index in [2.05, 4.69) is 62.1 Å². The Morgan fingerprint density at radius 1 is 0.833 bits per heavy atom. The predicted octanol–water partition coefficient (Wildman–Crippen LogP) is 5.43. The third-order valence-corrected chi connectivity index (χ3v) is 5.34. The largest absolute Gasteiger partial charge is 2.00 e. The van der Waals surface area contributed by atoms with E-state index in [1.165, 1.54) is 6.07 Å². The van der Waals surface area contributed by atoms with Gasteiger partial charge in [0.15, 0.2) is 0 Å². The van der Waals surface area contributed by atoms with Crippen LogP contribution in [0.2, 0.25) is 0 Å². The van der Waals surface area contributed by atoms with Crippen LogP contribution >= 0.6 is 0 Å². The van der Waals surface area contributed by atoms with Gasteiger partial charge in [-0.1, -0.05) is 55.9 Å². The van der Waals surface area contributed by atoms with Gasteiger partial charge in [0.25, 0.3) is 0 Å². The maximum atomic E-state index is 12.5. The first kappa shape index (κ1) is 25.6. The molecule has 0 fully saturated rings. The first-order valence-corrected chi connectivity index (χ1v) is 10.7. The minimum absolute atomic E-state index is 0. The summed E-state index contributed by atoms with van der Waals surface area (Å²) in [4.78, 5) is 19.4. The molecule has 0 aliphatic carbocycles. The van der Waals surface area contributed by atoms with Gasteiger partial charge in [-0.2, -0.15) is 13.2 Å². The first-order valence-electron chi connectivity index (χ1n) is 10.7. The van der Waals surface area contributed by atoms with Gasteiger partial charge in [-0.3, -0.25) is 9.97 Å².